The first-order chi connectivity index (χ1) is 14.5. The molecule has 0 bridgehead atoms. The summed E-state index contributed by atoms with van der Waals surface area (Å²) in [6, 6.07) is 11.5. The van der Waals surface area contributed by atoms with Crippen LogP contribution in [0.1, 0.15) is 70.7 Å². The van der Waals surface area contributed by atoms with Crippen LogP contribution in [0.5, 0.6) is 5.75 Å². The van der Waals surface area contributed by atoms with Crippen molar-refractivity contribution in [3.8, 4) is 5.75 Å². The van der Waals surface area contributed by atoms with Crippen LogP contribution in [0.2, 0.25) is 0 Å². The van der Waals surface area contributed by atoms with Crippen molar-refractivity contribution in [2.24, 2.45) is 5.41 Å². The molecule has 0 unspecified atom stereocenters. The van der Waals surface area contributed by atoms with E-state index in [4.69, 9.17) is 4.74 Å². The van der Waals surface area contributed by atoms with E-state index in [2.05, 4.69) is 17.2 Å². The van der Waals surface area contributed by atoms with Gasteiger partial charge in [-0.05, 0) is 51.3 Å². The van der Waals surface area contributed by atoms with Gasteiger partial charge >= 0.3 is 0 Å². The zero-order chi connectivity index (χ0) is 22.7. The Morgan fingerprint density at radius 1 is 1.13 bits per heavy atom. The molecular formula is C25H34N2O4. The molecule has 1 aromatic carbocycles. The maximum absolute atomic E-state index is 12.9. The summed E-state index contributed by atoms with van der Waals surface area (Å²) >= 11 is 0. The Bertz CT molecular complexity index is 867. The quantitative estimate of drug-likeness (QED) is 0.596. The molecule has 1 fully saturated rings. The van der Waals surface area contributed by atoms with Crippen LogP contribution < -0.4 is 10.1 Å². The number of aliphatic hydroxyl groups is 2. The van der Waals surface area contributed by atoms with Gasteiger partial charge in [-0.2, -0.15) is 0 Å². The van der Waals surface area contributed by atoms with Crippen LogP contribution in [-0.2, 0) is 10.4 Å². The number of nitrogens with one attached hydrogen (secondary N) is 1. The molecule has 0 aliphatic heterocycles. The molecule has 0 saturated heterocycles. The molecule has 1 heterocycles. The Kier molecular flexibility index (Phi) is 6.72. The van der Waals surface area contributed by atoms with Gasteiger partial charge in [-0.3, -0.25) is 9.78 Å². The summed E-state index contributed by atoms with van der Waals surface area (Å²) in [4.78, 5) is 17.4. The molecule has 2 aromatic rings. The average molecular weight is 427 g/mol. The Labute approximate surface area is 184 Å². The number of rotatable bonds is 8. The van der Waals surface area contributed by atoms with Gasteiger partial charge in [0.05, 0.1) is 30.1 Å². The fraction of sp³-hybridized carbons (Fsp3) is 0.520. The summed E-state index contributed by atoms with van der Waals surface area (Å²) in [5.41, 5.74) is -1.87. The molecule has 6 heteroatoms. The van der Waals surface area contributed by atoms with E-state index >= 15 is 0 Å². The van der Waals surface area contributed by atoms with Gasteiger partial charge < -0.3 is 20.3 Å². The van der Waals surface area contributed by atoms with E-state index in [-0.39, 0.29) is 5.41 Å². The Hall–Kier alpha value is -2.44. The summed E-state index contributed by atoms with van der Waals surface area (Å²) in [6.07, 6.45) is 6.46. The van der Waals surface area contributed by atoms with Crippen molar-refractivity contribution >= 4 is 5.91 Å². The molecule has 6 nitrogen and oxygen atoms in total. The van der Waals surface area contributed by atoms with Gasteiger partial charge in [0.2, 0.25) is 0 Å². The van der Waals surface area contributed by atoms with Crippen molar-refractivity contribution in [3.05, 3.63) is 59.9 Å². The number of aromatic nitrogens is 1. The van der Waals surface area contributed by atoms with Gasteiger partial charge in [-0.1, -0.05) is 50.1 Å². The predicted octanol–water partition coefficient (Wildman–Crippen LogP) is 3.88. The summed E-state index contributed by atoms with van der Waals surface area (Å²) < 4.78 is 5.95. The first-order valence-electron chi connectivity index (χ1n) is 10.9. The predicted molar refractivity (Wildman–Crippen MR) is 120 cm³/mol. The summed E-state index contributed by atoms with van der Waals surface area (Å²) in [5.74, 6) is 0.0519. The Morgan fingerprint density at radius 3 is 2.32 bits per heavy atom. The number of carbonyl (C=O) groups is 1. The molecule has 1 amide bonds. The normalized spacial score (nSPS) is 18.8. The number of carbonyl (C=O) groups excluding carboxylic acids is 1. The standard InChI is InChI=1S/C25H34N2O4/c1-23(2,29)21(27-22(28)25(4,30)18-10-6-5-7-11-18)20-13-12-19(16-26-20)31-17-24(3)14-8-9-15-24/h5-7,10-13,16,21,29-30H,8-9,14-15,17H2,1-4H3,(H,27,28)/t21-,25-/m1/s1. The zero-order valence-corrected chi connectivity index (χ0v) is 18.9. The fourth-order valence-corrected chi connectivity index (χ4v) is 4.06. The van der Waals surface area contributed by atoms with Crippen LogP contribution in [0, 0.1) is 5.41 Å². The van der Waals surface area contributed by atoms with Gasteiger partial charge in [0, 0.05) is 5.41 Å². The van der Waals surface area contributed by atoms with Crippen molar-refractivity contribution in [1.82, 2.24) is 10.3 Å². The molecule has 31 heavy (non-hydrogen) atoms. The summed E-state index contributed by atoms with van der Waals surface area (Å²) in [6.45, 7) is 7.54. The number of hydrogen-bond donors (Lipinski definition) is 3. The molecule has 1 saturated carbocycles. The third-order valence-electron chi connectivity index (χ3n) is 6.21. The van der Waals surface area contributed by atoms with E-state index < -0.39 is 23.2 Å². The van der Waals surface area contributed by atoms with Crippen LogP contribution in [0.4, 0.5) is 0 Å². The highest BCUT2D eigenvalue weighted by Gasteiger charge is 2.38. The molecule has 0 radical (unpaired) electrons. The number of nitrogens with zero attached hydrogens (tertiary/aromatic N) is 1. The third kappa shape index (κ3) is 5.63. The van der Waals surface area contributed by atoms with Gasteiger partial charge in [0.15, 0.2) is 5.60 Å². The second-order valence-corrected chi connectivity index (χ2v) is 9.72. The van der Waals surface area contributed by atoms with E-state index in [1.54, 1.807) is 56.4 Å². The summed E-state index contributed by atoms with van der Waals surface area (Å²) in [7, 11) is 0. The van der Waals surface area contributed by atoms with Crippen molar-refractivity contribution in [2.75, 3.05) is 6.61 Å². The highest BCUT2D eigenvalue weighted by atomic mass is 16.5. The van der Waals surface area contributed by atoms with Crippen LogP contribution in [0.25, 0.3) is 0 Å². The maximum Gasteiger partial charge on any atom is 0.256 e. The summed E-state index contributed by atoms with van der Waals surface area (Å²) in [5, 5.41) is 24.3. The monoisotopic (exact) mass is 426 g/mol. The molecule has 1 aromatic heterocycles. The van der Waals surface area contributed by atoms with E-state index in [9.17, 15) is 15.0 Å². The number of amides is 1. The largest absolute Gasteiger partial charge is 0.491 e. The molecule has 0 spiro atoms. The smallest absolute Gasteiger partial charge is 0.256 e. The van der Waals surface area contributed by atoms with Crippen molar-refractivity contribution in [2.45, 2.75) is 70.6 Å². The minimum Gasteiger partial charge on any atom is -0.491 e. The lowest BCUT2D eigenvalue weighted by atomic mass is 9.90. The Morgan fingerprint density at radius 2 is 1.77 bits per heavy atom. The number of pyridine rings is 1. The van der Waals surface area contributed by atoms with Crippen LogP contribution >= 0.6 is 0 Å². The van der Waals surface area contributed by atoms with Gasteiger partial charge in [-0.15, -0.1) is 0 Å². The van der Waals surface area contributed by atoms with E-state index in [1.807, 2.05) is 6.07 Å². The average Bonchev–Trinajstić information content (AvgIpc) is 3.17. The van der Waals surface area contributed by atoms with E-state index in [1.165, 1.54) is 32.6 Å². The molecule has 2 atom stereocenters. The first kappa shape index (κ1) is 23.2. The fourth-order valence-electron chi connectivity index (χ4n) is 4.06. The van der Waals surface area contributed by atoms with Gasteiger partial charge in [0.1, 0.15) is 5.75 Å². The van der Waals surface area contributed by atoms with Crippen LogP contribution in [-0.4, -0.2) is 33.3 Å². The number of hydrogen-bond acceptors (Lipinski definition) is 5. The molecule has 3 rings (SSSR count). The highest BCUT2D eigenvalue weighted by Crippen LogP contribution is 2.38. The lowest BCUT2D eigenvalue weighted by Gasteiger charge is -2.33. The second kappa shape index (κ2) is 8.97. The van der Waals surface area contributed by atoms with Crippen molar-refractivity contribution in [3.63, 3.8) is 0 Å². The van der Waals surface area contributed by atoms with E-state index in [0.29, 0.717) is 23.6 Å². The maximum atomic E-state index is 12.9. The topological polar surface area (TPSA) is 91.7 Å². The molecule has 168 valence electrons. The SMILES string of the molecule is CC1(COc2ccc([C@@H](NC(=O)[C@](C)(O)c3ccccc3)C(C)(C)O)nc2)CCCC1. The second-order valence-electron chi connectivity index (χ2n) is 9.72. The molecular weight excluding hydrogens is 392 g/mol. The first-order valence-corrected chi connectivity index (χ1v) is 10.9. The number of ether oxygens (including phenoxy) is 1. The van der Waals surface area contributed by atoms with Gasteiger partial charge in [0.25, 0.3) is 5.91 Å². The minimum absolute atomic E-state index is 0.214. The molecule has 1 aliphatic carbocycles. The van der Waals surface area contributed by atoms with Crippen molar-refractivity contribution < 1.29 is 19.7 Å². The lowest BCUT2D eigenvalue weighted by molar-refractivity contribution is -0.142. The highest BCUT2D eigenvalue weighted by molar-refractivity contribution is 5.86. The van der Waals surface area contributed by atoms with Crippen LogP contribution in [0.15, 0.2) is 48.7 Å². The Balaban J connectivity index is 1.73. The van der Waals surface area contributed by atoms with E-state index in [0.717, 1.165) is 0 Å². The molecule has 3 N–H and O–H groups in total. The lowest BCUT2D eigenvalue weighted by Crippen LogP contribution is -2.49. The molecule has 1 aliphatic rings. The zero-order valence-electron chi connectivity index (χ0n) is 18.9. The number of benzene rings is 1. The minimum atomic E-state index is -1.75. The van der Waals surface area contributed by atoms with Crippen molar-refractivity contribution in [1.29, 1.82) is 0 Å². The van der Waals surface area contributed by atoms with Gasteiger partial charge in [-0.25, -0.2) is 0 Å². The third-order valence-corrected chi connectivity index (χ3v) is 6.21. The van der Waals surface area contributed by atoms with Crippen LogP contribution in [0.3, 0.4) is 0 Å².